The standard InChI is InChI=1S/C20H21N3O2S/c21-26(24)18-12-10-16(11-13-18)19-22-20(25-23-19)17-8-6-15(7-9-17)14-4-2-1-3-5-14/h6-14H,1-5,21H2. The lowest BCUT2D eigenvalue weighted by molar-refractivity contribution is 0.432. The van der Waals surface area contributed by atoms with E-state index in [0.717, 1.165) is 11.1 Å². The molecule has 134 valence electrons. The zero-order valence-corrected chi connectivity index (χ0v) is 15.2. The smallest absolute Gasteiger partial charge is 0.258 e. The Bertz CT molecular complexity index is 898. The number of hydrogen-bond donors (Lipinski definition) is 1. The van der Waals surface area contributed by atoms with Crippen LogP contribution in [-0.2, 0) is 11.0 Å². The molecule has 5 nitrogen and oxygen atoms in total. The van der Waals surface area contributed by atoms with Crippen LogP contribution in [0.2, 0.25) is 0 Å². The molecule has 0 radical (unpaired) electrons. The summed E-state index contributed by atoms with van der Waals surface area (Å²) in [4.78, 5) is 5.05. The first-order chi connectivity index (χ1) is 12.7. The molecule has 0 amide bonds. The van der Waals surface area contributed by atoms with Gasteiger partial charge in [-0.15, -0.1) is 0 Å². The van der Waals surface area contributed by atoms with Gasteiger partial charge in [0, 0.05) is 11.1 Å². The molecule has 1 aliphatic carbocycles. The molecule has 0 aliphatic heterocycles. The summed E-state index contributed by atoms with van der Waals surface area (Å²) in [5, 5.41) is 9.43. The average Bonchev–Trinajstić information content (AvgIpc) is 3.19. The van der Waals surface area contributed by atoms with Gasteiger partial charge in [-0.3, -0.25) is 0 Å². The lowest BCUT2D eigenvalue weighted by Gasteiger charge is -2.21. The Balaban J connectivity index is 1.53. The minimum Gasteiger partial charge on any atom is -0.334 e. The fourth-order valence-electron chi connectivity index (χ4n) is 3.53. The van der Waals surface area contributed by atoms with Gasteiger partial charge >= 0.3 is 0 Å². The van der Waals surface area contributed by atoms with E-state index in [1.165, 1.54) is 37.7 Å². The molecule has 1 aromatic heterocycles. The molecule has 0 saturated heterocycles. The number of hydrogen-bond acceptors (Lipinski definition) is 4. The second-order valence-corrected chi connectivity index (χ2v) is 7.77. The predicted molar refractivity (Wildman–Crippen MR) is 102 cm³/mol. The molecule has 1 unspecified atom stereocenters. The molecule has 0 bridgehead atoms. The van der Waals surface area contributed by atoms with Crippen LogP contribution in [0, 0.1) is 0 Å². The molecule has 1 saturated carbocycles. The van der Waals surface area contributed by atoms with Gasteiger partial charge in [-0.1, -0.05) is 36.6 Å². The number of benzene rings is 2. The number of rotatable bonds is 4. The fraction of sp³-hybridized carbons (Fsp3) is 0.300. The van der Waals surface area contributed by atoms with Crippen molar-refractivity contribution in [1.29, 1.82) is 0 Å². The normalized spacial score (nSPS) is 16.5. The van der Waals surface area contributed by atoms with Gasteiger partial charge in [0.2, 0.25) is 5.82 Å². The number of nitrogens with two attached hydrogens (primary N) is 1. The molecular weight excluding hydrogens is 346 g/mol. The van der Waals surface area contributed by atoms with Crippen LogP contribution in [0.15, 0.2) is 57.9 Å². The minimum absolute atomic E-state index is 0.502. The molecule has 2 N–H and O–H groups in total. The van der Waals surface area contributed by atoms with Crippen molar-refractivity contribution in [1.82, 2.24) is 10.1 Å². The van der Waals surface area contributed by atoms with E-state index in [2.05, 4.69) is 34.4 Å². The lowest BCUT2D eigenvalue weighted by atomic mass is 9.84. The second kappa shape index (κ2) is 7.51. The maximum Gasteiger partial charge on any atom is 0.258 e. The SMILES string of the molecule is NS(=O)c1ccc(-c2noc(-c3ccc(C4CCCCC4)cc3)n2)cc1. The summed E-state index contributed by atoms with van der Waals surface area (Å²) in [7, 11) is -1.49. The summed E-state index contributed by atoms with van der Waals surface area (Å²) in [6.45, 7) is 0. The monoisotopic (exact) mass is 367 g/mol. The van der Waals surface area contributed by atoms with E-state index in [1.54, 1.807) is 24.3 Å². The van der Waals surface area contributed by atoms with Crippen molar-refractivity contribution in [2.24, 2.45) is 5.14 Å². The molecule has 0 spiro atoms. The van der Waals surface area contributed by atoms with Gasteiger partial charge in [-0.2, -0.15) is 4.98 Å². The van der Waals surface area contributed by atoms with Crippen molar-refractivity contribution in [2.45, 2.75) is 42.9 Å². The van der Waals surface area contributed by atoms with Gasteiger partial charge in [-0.25, -0.2) is 9.35 Å². The summed E-state index contributed by atoms with van der Waals surface area (Å²) >= 11 is 0. The zero-order chi connectivity index (χ0) is 17.9. The van der Waals surface area contributed by atoms with Crippen LogP contribution in [0.1, 0.15) is 43.6 Å². The van der Waals surface area contributed by atoms with Crippen LogP contribution < -0.4 is 5.14 Å². The summed E-state index contributed by atoms with van der Waals surface area (Å²) in [5.74, 6) is 1.69. The van der Waals surface area contributed by atoms with Crippen molar-refractivity contribution < 1.29 is 8.73 Å². The molecule has 3 aromatic rings. The Morgan fingerprint density at radius 1 is 0.923 bits per heavy atom. The highest BCUT2D eigenvalue weighted by atomic mass is 32.2. The van der Waals surface area contributed by atoms with Gasteiger partial charge in [0.05, 0.1) is 4.90 Å². The summed E-state index contributed by atoms with van der Waals surface area (Å²) in [6.07, 6.45) is 6.59. The van der Waals surface area contributed by atoms with Crippen LogP contribution in [-0.4, -0.2) is 14.3 Å². The topological polar surface area (TPSA) is 82.0 Å². The quantitative estimate of drug-likeness (QED) is 0.739. The second-order valence-electron chi connectivity index (χ2n) is 6.70. The van der Waals surface area contributed by atoms with Crippen LogP contribution in [0.3, 0.4) is 0 Å². The number of nitrogens with zero attached hydrogens (tertiary/aromatic N) is 2. The summed E-state index contributed by atoms with van der Waals surface area (Å²) < 4.78 is 16.7. The Kier molecular flexibility index (Phi) is 4.95. The van der Waals surface area contributed by atoms with E-state index in [1.807, 2.05) is 0 Å². The van der Waals surface area contributed by atoms with Crippen molar-refractivity contribution >= 4 is 11.0 Å². The van der Waals surface area contributed by atoms with Gasteiger partial charge < -0.3 is 4.52 Å². The third-order valence-corrected chi connectivity index (χ3v) is 5.74. The largest absolute Gasteiger partial charge is 0.334 e. The van der Waals surface area contributed by atoms with Crippen molar-refractivity contribution in [3.05, 3.63) is 54.1 Å². The molecular formula is C20H21N3O2S. The Morgan fingerprint density at radius 3 is 2.23 bits per heavy atom. The van der Waals surface area contributed by atoms with Crippen LogP contribution in [0.25, 0.3) is 22.8 Å². The van der Waals surface area contributed by atoms with E-state index in [-0.39, 0.29) is 0 Å². The van der Waals surface area contributed by atoms with Crippen LogP contribution in [0.5, 0.6) is 0 Å². The Morgan fingerprint density at radius 2 is 1.58 bits per heavy atom. The molecule has 1 aliphatic rings. The zero-order valence-electron chi connectivity index (χ0n) is 14.4. The van der Waals surface area contributed by atoms with Crippen molar-refractivity contribution in [2.75, 3.05) is 0 Å². The number of aromatic nitrogens is 2. The lowest BCUT2D eigenvalue weighted by Crippen LogP contribution is -2.04. The van der Waals surface area contributed by atoms with Gasteiger partial charge in [0.25, 0.3) is 5.89 Å². The molecule has 4 rings (SSSR count). The van der Waals surface area contributed by atoms with Crippen LogP contribution >= 0.6 is 0 Å². The minimum atomic E-state index is -1.49. The Hall–Kier alpha value is -2.31. The molecule has 26 heavy (non-hydrogen) atoms. The van der Waals surface area contributed by atoms with E-state index in [0.29, 0.717) is 22.5 Å². The Labute approximate surface area is 155 Å². The van der Waals surface area contributed by atoms with E-state index in [9.17, 15) is 4.21 Å². The van der Waals surface area contributed by atoms with Gasteiger partial charge in [0.15, 0.2) is 0 Å². The van der Waals surface area contributed by atoms with E-state index < -0.39 is 11.0 Å². The maximum absolute atomic E-state index is 11.3. The first-order valence-electron chi connectivity index (χ1n) is 8.91. The molecule has 1 heterocycles. The first kappa shape index (κ1) is 17.1. The summed E-state index contributed by atoms with van der Waals surface area (Å²) in [5.41, 5.74) is 3.12. The van der Waals surface area contributed by atoms with Crippen LogP contribution in [0.4, 0.5) is 0 Å². The molecule has 6 heteroatoms. The fourth-order valence-corrected chi connectivity index (χ4v) is 3.93. The average molecular weight is 367 g/mol. The molecule has 1 atom stereocenters. The maximum atomic E-state index is 11.3. The van der Waals surface area contributed by atoms with Crippen molar-refractivity contribution in [3.8, 4) is 22.8 Å². The highest BCUT2D eigenvalue weighted by Gasteiger charge is 2.16. The highest BCUT2D eigenvalue weighted by Crippen LogP contribution is 2.33. The third-order valence-electron chi connectivity index (χ3n) is 5.01. The molecule has 2 aromatic carbocycles. The van der Waals surface area contributed by atoms with Crippen molar-refractivity contribution in [3.63, 3.8) is 0 Å². The van der Waals surface area contributed by atoms with E-state index >= 15 is 0 Å². The van der Waals surface area contributed by atoms with Gasteiger partial charge in [-0.05, 0) is 60.7 Å². The summed E-state index contributed by atoms with van der Waals surface area (Å²) in [6, 6.07) is 15.5. The van der Waals surface area contributed by atoms with Gasteiger partial charge in [0.1, 0.15) is 11.0 Å². The third kappa shape index (κ3) is 3.61. The highest BCUT2D eigenvalue weighted by molar-refractivity contribution is 7.82. The molecule has 1 fully saturated rings. The van der Waals surface area contributed by atoms with E-state index in [4.69, 9.17) is 9.66 Å². The predicted octanol–water partition coefficient (Wildman–Crippen LogP) is 4.43. The first-order valence-corrected chi connectivity index (χ1v) is 10.1.